The van der Waals surface area contributed by atoms with Crippen LogP contribution in [0.2, 0.25) is 0 Å². The lowest BCUT2D eigenvalue weighted by atomic mass is 9.87. The summed E-state index contributed by atoms with van der Waals surface area (Å²) < 4.78 is 8.73. The fourth-order valence-corrected chi connectivity index (χ4v) is 7.04. The number of nitrogens with zero attached hydrogens (tertiary/aromatic N) is 1. The van der Waals surface area contributed by atoms with Gasteiger partial charge in [0.1, 0.15) is 11.2 Å². The summed E-state index contributed by atoms with van der Waals surface area (Å²) in [6, 6.07) is 41.5. The van der Waals surface area contributed by atoms with Crippen LogP contribution >= 0.6 is 0 Å². The molecular weight excluding hydrogens is 546 g/mol. The largest absolute Gasteiger partial charge is 0.456 e. The molecule has 212 valence electrons. The van der Waals surface area contributed by atoms with Crippen LogP contribution in [0.5, 0.6) is 0 Å². The van der Waals surface area contributed by atoms with Gasteiger partial charge in [-0.05, 0) is 99.6 Å². The minimum Gasteiger partial charge on any atom is -0.456 e. The van der Waals surface area contributed by atoms with Gasteiger partial charge in [-0.25, -0.2) is 0 Å². The zero-order chi connectivity index (χ0) is 29.9. The van der Waals surface area contributed by atoms with Crippen LogP contribution in [0.4, 0.5) is 0 Å². The van der Waals surface area contributed by atoms with Gasteiger partial charge in [0, 0.05) is 27.2 Å². The number of hydrogen-bond acceptors (Lipinski definition) is 1. The van der Waals surface area contributed by atoms with E-state index >= 15 is 0 Å². The Hall–Kier alpha value is -5.86. The van der Waals surface area contributed by atoms with Gasteiger partial charge < -0.3 is 8.98 Å². The predicted octanol–water partition coefficient (Wildman–Crippen LogP) is 11.7. The number of benzene rings is 6. The summed E-state index contributed by atoms with van der Waals surface area (Å²) in [6.07, 6.45) is 13.7. The van der Waals surface area contributed by atoms with Gasteiger partial charge in [-0.15, -0.1) is 0 Å². The van der Waals surface area contributed by atoms with E-state index in [-0.39, 0.29) is 0 Å². The average Bonchev–Trinajstić information content (AvgIpc) is 3.61. The lowest BCUT2D eigenvalue weighted by Crippen LogP contribution is -1.97. The molecule has 9 rings (SSSR count). The third-order valence-corrected chi connectivity index (χ3v) is 9.13. The van der Waals surface area contributed by atoms with E-state index < -0.39 is 0 Å². The van der Waals surface area contributed by atoms with Gasteiger partial charge >= 0.3 is 0 Å². The second-order valence-corrected chi connectivity index (χ2v) is 11.8. The van der Waals surface area contributed by atoms with Gasteiger partial charge in [0.2, 0.25) is 0 Å². The fourth-order valence-electron chi connectivity index (χ4n) is 7.04. The van der Waals surface area contributed by atoms with Crippen LogP contribution in [0.1, 0.15) is 11.1 Å². The maximum absolute atomic E-state index is 6.34. The van der Waals surface area contributed by atoms with Crippen molar-refractivity contribution in [3.63, 3.8) is 0 Å². The Labute approximate surface area is 261 Å². The molecule has 0 radical (unpaired) electrons. The highest BCUT2D eigenvalue weighted by Gasteiger charge is 2.19. The second kappa shape index (κ2) is 10.1. The smallest absolute Gasteiger partial charge is 0.136 e. The van der Waals surface area contributed by atoms with Crippen molar-refractivity contribution in [3.8, 4) is 16.8 Å². The Morgan fingerprint density at radius 3 is 2.29 bits per heavy atom. The van der Waals surface area contributed by atoms with E-state index in [1.54, 1.807) is 0 Å². The van der Waals surface area contributed by atoms with Gasteiger partial charge in [-0.3, -0.25) is 0 Å². The van der Waals surface area contributed by atoms with E-state index in [9.17, 15) is 0 Å². The minimum absolute atomic E-state index is 0.805. The average molecular weight is 576 g/mol. The maximum Gasteiger partial charge on any atom is 0.136 e. The zero-order valence-electron chi connectivity index (χ0n) is 24.7. The lowest BCUT2D eigenvalue weighted by molar-refractivity contribution is 0.669. The van der Waals surface area contributed by atoms with Gasteiger partial charge in [-0.1, -0.05) is 104 Å². The third-order valence-electron chi connectivity index (χ3n) is 9.13. The first-order valence-electron chi connectivity index (χ1n) is 15.4. The first kappa shape index (κ1) is 25.6. The molecule has 2 heterocycles. The molecule has 0 amide bonds. The quantitative estimate of drug-likeness (QED) is 0.200. The Bertz CT molecular complexity index is 2570. The summed E-state index contributed by atoms with van der Waals surface area (Å²) in [7, 11) is 0. The Balaban J connectivity index is 1.38. The monoisotopic (exact) mass is 575 g/mol. The number of hydrogen-bond donors (Lipinski definition) is 0. The molecule has 0 saturated heterocycles. The van der Waals surface area contributed by atoms with Crippen LogP contribution in [0.15, 0.2) is 162 Å². The standard InChI is InChI=1S/C43H29NO/c1-28-12-4-2-7-15-32-33(22-20-28)38-27-41-39(34-16-8-10-18-40(34)44(41)31-13-5-3-6-14-31)25-30(38)24-37(32)29-21-23-36-35-17-9-11-19-42(35)45-43(36)26-29/h2-14,16-27H,1,15H2/b7-2-,12-4-,22-20?. The normalized spacial score (nSPS) is 14.9. The fraction of sp³-hybridized carbons (Fsp3) is 0.0233. The van der Waals surface area contributed by atoms with E-state index in [0.717, 1.165) is 45.2 Å². The summed E-state index contributed by atoms with van der Waals surface area (Å²) in [5.41, 5.74) is 11.2. The van der Waals surface area contributed by atoms with Crippen molar-refractivity contribution in [2.24, 2.45) is 0 Å². The highest BCUT2D eigenvalue weighted by Crippen LogP contribution is 2.41. The number of furan rings is 1. The Morgan fingerprint density at radius 1 is 0.578 bits per heavy atom. The van der Waals surface area contributed by atoms with Crippen molar-refractivity contribution in [1.29, 1.82) is 0 Å². The van der Waals surface area contributed by atoms with Crippen LogP contribution in [-0.2, 0) is 6.42 Å². The molecule has 0 atom stereocenters. The number of fused-ring (bicyclic) bond motifs is 9. The molecule has 2 aromatic heterocycles. The molecular formula is C43H29NO. The molecule has 0 spiro atoms. The molecule has 1 aliphatic carbocycles. The maximum atomic E-state index is 6.34. The van der Waals surface area contributed by atoms with E-state index in [1.807, 2.05) is 12.1 Å². The summed E-state index contributed by atoms with van der Waals surface area (Å²) in [5.74, 6) is 0. The molecule has 0 unspecified atom stereocenters. The summed E-state index contributed by atoms with van der Waals surface area (Å²) in [5, 5.41) is 7.23. The SMILES string of the molecule is C=C1C=Cc2c(c(-c3ccc4c(c3)oc3ccccc34)cc3cc4c5ccccc5n(-c5ccccc5)c4cc23)C/C=C\C=C/1. The summed E-state index contributed by atoms with van der Waals surface area (Å²) >= 11 is 0. The van der Waals surface area contributed by atoms with Gasteiger partial charge in [0.15, 0.2) is 0 Å². The zero-order valence-corrected chi connectivity index (χ0v) is 24.7. The molecule has 2 heteroatoms. The molecule has 2 nitrogen and oxygen atoms in total. The Kier molecular flexibility index (Phi) is 5.76. The predicted molar refractivity (Wildman–Crippen MR) is 191 cm³/mol. The highest BCUT2D eigenvalue weighted by molar-refractivity contribution is 6.15. The van der Waals surface area contributed by atoms with Crippen LogP contribution in [-0.4, -0.2) is 4.57 Å². The number of allylic oxidation sites excluding steroid dienone is 6. The molecule has 0 bridgehead atoms. The number of aromatic nitrogens is 1. The minimum atomic E-state index is 0.805. The number of rotatable bonds is 2. The third kappa shape index (κ3) is 4.11. The molecule has 0 saturated carbocycles. The molecule has 0 aliphatic heterocycles. The Morgan fingerprint density at radius 2 is 1.38 bits per heavy atom. The second-order valence-electron chi connectivity index (χ2n) is 11.8. The van der Waals surface area contributed by atoms with Gasteiger partial charge in [0.25, 0.3) is 0 Å². The summed E-state index contributed by atoms with van der Waals surface area (Å²) in [4.78, 5) is 0. The van der Waals surface area contributed by atoms with Crippen molar-refractivity contribution in [3.05, 3.63) is 169 Å². The van der Waals surface area contributed by atoms with Gasteiger partial charge in [0.05, 0.1) is 11.0 Å². The lowest BCUT2D eigenvalue weighted by Gasteiger charge is -2.17. The van der Waals surface area contributed by atoms with Crippen molar-refractivity contribution in [2.75, 3.05) is 0 Å². The van der Waals surface area contributed by atoms with E-state index in [4.69, 9.17) is 4.42 Å². The molecule has 1 aliphatic rings. The first-order valence-corrected chi connectivity index (χ1v) is 15.4. The van der Waals surface area contributed by atoms with Crippen LogP contribution in [0.3, 0.4) is 0 Å². The van der Waals surface area contributed by atoms with Crippen molar-refractivity contribution in [2.45, 2.75) is 6.42 Å². The van der Waals surface area contributed by atoms with E-state index in [0.29, 0.717) is 0 Å². The molecule has 8 aromatic rings. The number of para-hydroxylation sites is 3. The highest BCUT2D eigenvalue weighted by atomic mass is 16.3. The van der Waals surface area contributed by atoms with Gasteiger partial charge in [-0.2, -0.15) is 0 Å². The molecule has 6 aromatic carbocycles. The molecule has 0 fully saturated rings. The first-order chi connectivity index (χ1) is 22.2. The van der Waals surface area contributed by atoms with Crippen molar-refractivity contribution >= 4 is 60.6 Å². The van der Waals surface area contributed by atoms with Crippen molar-refractivity contribution < 1.29 is 4.42 Å². The van der Waals surface area contributed by atoms with E-state index in [2.05, 4.69) is 151 Å². The van der Waals surface area contributed by atoms with Crippen LogP contribution in [0.25, 0.3) is 77.4 Å². The van der Waals surface area contributed by atoms with Crippen LogP contribution < -0.4 is 0 Å². The molecule has 45 heavy (non-hydrogen) atoms. The van der Waals surface area contributed by atoms with E-state index in [1.165, 1.54) is 49.3 Å². The molecule has 0 N–H and O–H groups in total. The summed E-state index contributed by atoms with van der Waals surface area (Å²) in [6.45, 7) is 4.29. The van der Waals surface area contributed by atoms with Crippen LogP contribution in [0, 0.1) is 0 Å². The topological polar surface area (TPSA) is 18.1 Å². The van der Waals surface area contributed by atoms with Crippen molar-refractivity contribution in [1.82, 2.24) is 4.57 Å².